The van der Waals surface area contributed by atoms with Gasteiger partial charge in [-0.3, -0.25) is 4.79 Å². The van der Waals surface area contributed by atoms with Crippen molar-refractivity contribution in [1.29, 1.82) is 0 Å². The van der Waals surface area contributed by atoms with E-state index in [1.807, 2.05) is 38.1 Å². The Morgan fingerprint density at radius 3 is 2.71 bits per heavy atom. The summed E-state index contributed by atoms with van der Waals surface area (Å²) in [5.74, 6) is 1.11. The van der Waals surface area contributed by atoms with Gasteiger partial charge in [-0.2, -0.15) is 4.98 Å². The van der Waals surface area contributed by atoms with Crippen molar-refractivity contribution in [1.82, 2.24) is 20.0 Å². The van der Waals surface area contributed by atoms with Crippen LogP contribution < -0.4 is 4.74 Å². The van der Waals surface area contributed by atoms with Crippen LogP contribution in [0, 0.1) is 0 Å². The molecule has 2 unspecified atom stereocenters. The lowest BCUT2D eigenvalue weighted by molar-refractivity contribution is -0.142. The standard InChI is InChI=1S/C20H22N4O4/c1-12-10-24(11-13(2)27-12)19(25)9-17-22-20(28-23-17)15-8-18(26-3)21-16-7-5-4-6-14(15)16/h4-8,12-13H,9-11H2,1-3H3. The Morgan fingerprint density at radius 1 is 1.21 bits per heavy atom. The smallest absolute Gasteiger partial charge is 0.258 e. The van der Waals surface area contributed by atoms with Gasteiger partial charge in [0.15, 0.2) is 5.82 Å². The highest BCUT2D eigenvalue weighted by Gasteiger charge is 2.27. The van der Waals surface area contributed by atoms with Gasteiger partial charge in [-0.25, -0.2) is 4.98 Å². The minimum atomic E-state index is -0.0356. The molecule has 4 rings (SSSR count). The number of amides is 1. The second kappa shape index (κ2) is 7.55. The van der Waals surface area contributed by atoms with Gasteiger partial charge in [0, 0.05) is 24.5 Å². The molecule has 2 aromatic heterocycles. The van der Waals surface area contributed by atoms with Crippen LogP contribution in [0.15, 0.2) is 34.9 Å². The molecule has 2 atom stereocenters. The summed E-state index contributed by atoms with van der Waals surface area (Å²) < 4.78 is 16.4. The van der Waals surface area contributed by atoms with E-state index in [0.717, 1.165) is 16.5 Å². The van der Waals surface area contributed by atoms with E-state index < -0.39 is 0 Å². The van der Waals surface area contributed by atoms with Gasteiger partial charge in [-0.15, -0.1) is 0 Å². The monoisotopic (exact) mass is 382 g/mol. The van der Waals surface area contributed by atoms with Crippen LogP contribution in [0.1, 0.15) is 19.7 Å². The van der Waals surface area contributed by atoms with E-state index >= 15 is 0 Å². The molecule has 1 amide bonds. The van der Waals surface area contributed by atoms with Gasteiger partial charge in [0.25, 0.3) is 5.89 Å². The number of para-hydroxylation sites is 1. The molecule has 0 saturated carbocycles. The van der Waals surface area contributed by atoms with Crippen molar-refractivity contribution in [2.24, 2.45) is 0 Å². The first-order valence-electron chi connectivity index (χ1n) is 9.23. The predicted octanol–water partition coefficient (Wildman–Crippen LogP) is 2.47. The van der Waals surface area contributed by atoms with Crippen LogP contribution in [0.25, 0.3) is 22.4 Å². The first-order chi connectivity index (χ1) is 13.5. The molecule has 1 aliphatic rings. The fourth-order valence-corrected chi connectivity index (χ4v) is 3.50. The normalized spacial score (nSPS) is 19.8. The molecule has 1 aromatic carbocycles. The van der Waals surface area contributed by atoms with Crippen molar-refractivity contribution >= 4 is 16.8 Å². The number of carbonyl (C=O) groups is 1. The minimum absolute atomic E-state index is 0.0178. The van der Waals surface area contributed by atoms with Crippen molar-refractivity contribution < 1.29 is 18.8 Å². The Hall–Kier alpha value is -3.00. The Balaban J connectivity index is 1.58. The zero-order valence-corrected chi connectivity index (χ0v) is 16.1. The number of benzene rings is 1. The predicted molar refractivity (Wildman–Crippen MR) is 102 cm³/mol. The highest BCUT2D eigenvalue weighted by molar-refractivity contribution is 5.93. The Morgan fingerprint density at radius 2 is 1.96 bits per heavy atom. The van der Waals surface area contributed by atoms with E-state index in [9.17, 15) is 4.79 Å². The molecule has 146 valence electrons. The lowest BCUT2D eigenvalue weighted by Gasteiger charge is -2.35. The summed E-state index contributed by atoms with van der Waals surface area (Å²) in [5.41, 5.74) is 1.49. The first-order valence-corrected chi connectivity index (χ1v) is 9.23. The van der Waals surface area contributed by atoms with Gasteiger partial charge in [-0.05, 0) is 19.9 Å². The second-order valence-electron chi connectivity index (χ2n) is 6.98. The minimum Gasteiger partial charge on any atom is -0.481 e. The number of hydrogen-bond acceptors (Lipinski definition) is 7. The lowest BCUT2D eigenvalue weighted by atomic mass is 10.1. The van der Waals surface area contributed by atoms with Gasteiger partial charge in [0.2, 0.25) is 11.8 Å². The first kappa shape index (κ1) is 18.4. The maximum absolute atomic E-state index is 12.6. The van der Waals surface area contributed by atoms with Crippen molar-refractivity contribution in [2.75, 3.05) is 20.2 Å². The summed E-state index contributed by atoms with van der Waals surface area (Å²) in [6.07, 6.45) is 0.122. The number of aromatic nitrogens is 3. The number of morpholine rings is 1. The number of pyridine rings is 1. The Kier molecular flexibility index (Phi) is 4.95. The number of carbonyl (C=O) groups excluding carboxylic acids is 1. The molecule has 28 heavy (non-hydrogen) atoms. The van der Waals surface area contributed by atoms with Crippen LogP contribution in [-0.4, -0.2) is 58.3 Å². The average molecular weight is 382 g/mol. The quantitative estimate of drug-likeness (QED) is 0.684. The summed E-state index contributed by atoms with van der Waals surface area (Å²) in [5, 5.41) is 4.88. The lowest BCUT2D eigenvalue weighted by Crippen LogP contribution is -2.48. The fourth-order valence-electron chi connectivity index (χ4n) is 3.50. The topological polar surface area (TPSA) is 90.6 Å². The summed E-state index contributed by atoms with van der Waals surface area (Å²) >= 11 is 0. The summed E-state index contributed by atoms with van der Waals surface area (Å²) in [6, 6.07) is 9.40. The third-order valence-corrected chi connectivity index (χ3v) is 4.68. The molecule has 3 aromatic rings. The zero-order chi connectivity index (χ0) is 19.7. The van der Waals surface area contributed by atoms with Crippen LogP contribution >= 0.6 is 0 Å². The number of nitrogens with zero attached hydrogens (tertiary/aromatic N) is 4. The molecular weight excluding hydrogens is 360 g/mol. The van der Waals surface area contributed by atoms with E-state index in [4.69, 9.17) is 14.0 Å². The second-order valence-corrected chi connectivity index (χ2v) is 6.98. The molecule has 1 aliphatic heterocycles. The van der Waals surface area contributed by atoms with Crippen LogP contribution in [0.5, 0.6) is 5.88 Å². The van der Waals surface area contributed by atoms with Gasteiger partial charge in [-0.1, -0.05) is 23.4 Å². The fraction of sp³-hybridized carbons (Fsp3) is 0.400. The number of rotatable bonds is 4. The molecule has 1 saturated heterocycles. The van der Waals surface area contributed by atoms with E-state index in [2.05, 4.69) is 15.1 Å². The van der Waals surface area contributed by atoms with Crippen molar-refractivity contribution in [3.05, 3.63) is 36.2 Å². The molecule has 8 heteroatoms. The van der Waals surface area contributed by atoms with Crippen molar-refractivity contribution in [3.63, 3.8) is 0 Å². The van der Waals surface area contributed by atoms with Crippen LogP contribution in [0.3, 0.4) is 0 Å². The van der Waals surface area contributed by atoms with Gasteiger partial charge in [0.1, 0.15) is 0 Å². The molecule has 8 nitrogen and oxygen atoms in total. The van der Waals surface area contributed by atoms with Crippen LogP contribution in [-0.2, 0) is 16.0 Å². The third kappa shape index (κ3) is 3.68. The largest absolute Gasteiger partial charge is 0.481 e. The van der Waals surface area contributed by atoms with Crippen LogP contribution in [0.2, 0.25) is 0 Å². The average Bonchev–Trinajstić information content (AvgIpc) is 3.14. The third-order valence-electron chi connectivity index (χ3n) is 4.68. The molecular formula is C20H22N4O4. The molecule has 0 bridgehead atoms. The molecule has 0 aliphatic carbocycles. The SMILES string of the molecule is COc1cc(-c2nc(CC(=O)N3CC(C)OC(C)C3)no2)c2ccccc2n1. The van der Waals surface area contributed by atoms with E-state index in [1.54, 1.807) is 18.1 Å². The summed E-state index contributed by atoms with van der Waals surface area (Å²) in [4.78, 5) is 23.3. The number of ether oxygens (including phenoxy) is 2. The van der Waals surface area contributed by atoms with E-state index in [-0.39, 0.29) is 24.5 Å². The maximum atomic E-state index is 12.6. The van der Waals surface area contributed by atoms with E-state index in [1.165, 1.54) is 0 Å². The summed E-state index contributed by atoms with van der Waals surface area (Å²) in [7, 11) is 1.56. The van der Waals surface area contributed by atoms with Gasteiger partial charge >= 0.3 is 0 Å². The number of fused-ring (bicyclic) bond motifs is 1. The van der Waals surface area contributed by atoms with Crippen molar-refractivity contribution in [2.45, 2.75) is 32.5 Å². The Labute approximate surface area is 162 Å². The zero-order valence-electron chi connectivity index (χ0n) is 16.1. The molecule has 1 fully saturated rings. The van der Waals surface area contributed by atoms with Gasteiger partial charge in [0.05, 0.1) is 36.8 Å². The number of methoxy groups -OCH3 is 1. The Bertz CT molecular complexity index is 993. The summed E-state index contributed by atoms with van der Waals surface area (Å²) in [6.45, 7) is 5.06. The van der Waals surface area contributed by atoms with Gasteiger partial charge < -0.3 is 18.9 Å². The molecule has 0 N–H and O–H groups in total. The van der Waals surface area contributed by atoms with Crippen molar-refractivity contribution in [3.8, 4) is 17.3 Å². The highest BCUT2D eigenvalue weighted by Crippen LogP contribution is 2.30. The van der Waals surface area contributed by atoms with E-state index in [0.29, 0.717) is 30.7 Å². The molecule has 0 radical (unpaired) electrons. The highest BCUT2D eigenvalue weighted by atomic mass is 16.5. The maximum Gasteiger partial charge on any atom is 0.258 e. The number of hydrogen-bond donors (Lipinski definition) is 0. The molecule has 0 spiro atoms. The molecule has 3 heterocycles. The van der Waals surface area contributed by atoms with Crippen LogP contribution in [0.4, 0.5) is 0 Å².